The number of anilines is 1. The first kappa shape index (κ1) is 11.8. The smallest absolute Gasteiger partial charge is 0.269 e. The summed E-state index contributed by atoms with van der Waals surface area (Å²) < 4.78 is 1.15. The molecule has 2 N–H and O–H groups in total. The number of halogens is 1. The fourth-order valence-electron chi connectivity index (χ4n) is 1.24. The minimum Gasteiger partial charge on any atom is -0.298 e. The van der Waals surface area contributed by atoms with E-state index < -0.39 is 0 Å². The van der Waals surface area contributed by atoms with Crippen LogP contribution in [0, 0.1) is 3.57 Å². The van der Waals surface area contributed by atoms with Crippen molar-refractivity contribution in [2.24, 2.45) is 0 Å². The lowest BCUT2D eigenvalue weighted by molar-refractivity contribution is 0.0962. The molecular weight excluding hydrogens is 329 g/mol. The third-order valence-corrected chi connectivity index (χ3v) is 2.83. The third-order valence-electron chi connectivity index (χ3n) is 2.11. The second-order valence-corrected chi connectivity index (χ2v) is 4.57. The van der Waals surface area contributed by atoms with Crippen molar-refractivity contribution in [3.63, 3.8) is 0 Å². The molecule has 1 aromatic heterocycles. The lowest BCUT2D eigenvalue weighted by atomic mass is 10.2. The topological polar surface area (TPSA) is 54.0 Å². The molecule has 0 aliphatic heterocycles. The molecule has 2 aromatic rings. The maximum Gasteiger partial charge on any atom is 0.269 e. The first-order chi connectivity index (χ1) is 8.25. The van der Waals surface area contributed by atoms with Crippen molar-refractivity contribution in [3.05, 3.63) is 57.9 Å². The number of nitrogens with zero attached hydrogens (tertiary/aromatic N) is 1. The molecule has 0 fully saturated rings. The Hall–Kier alpha value is -1.63. The van der Waals surface area contributed by atoms with Crippen LogP contribution < -0.4 is 10.9 Å². The number of hydrogen-bond acceptors (Lipinski definition) is 3. The van der Waals surface area contributed by atoms with Gasteiger partial charge in [0, 0.05) is 21.5 Å². The fraction of sp³-hybridized carbons (Fsp3) is 0. The molecule has 0 bridgehead atoms. The van der Waals surface area contributed by atoms with E-state index in [1.807, 2.05) is 24.3 Å². The predicted octanol–water partition coefficient (Wildman–Crippen LogP) is 2.44. The number of pyridine rings is 1. The zero-order valence-corrected chi connectivity index (χ0v) is 11.0. The Morgan fingerprint density at radius 2 is 1.71 bits per heavy atom. The molecule has 0 saturated carbocycles. The van der Waals surface area contributed by atoms with Crippen LogP contribution in [0.4, 0.5) is 5.69 Å². The molecule has 17 heavy (non-hydrogen) atoms. The Labute approximate surface area is 113 Å². The van der Waals surface area contributed by atoms with Gasteiger partial charge in [-0.2, -0.15) is 0 Å². The Balaban J connectivity index is 1.95. The van der Waals surface area contributed by atoms with Gasteiger partial charge in [-0.1, -0.05) is 0 Å². The lowest BCUT2D eigenvalue weighted by Crippen LogP contribution is -2.29. The zero-order chi connectivity index (χ0) is 12.1. The van der Waals surface area contributed by atoms with E-state index in [4.69, 9.17) is 0 Å². The number of hydrazine groups is 1. The second kappa shape index (κ2) is 5.62. The average Bonchev–Trinajstić information content (AvgIpc) is 2.39. The van der Waals surface area contributed by atoms with E-state index in [1.165, 1.54) is 0 Å². The van der Waals surface area contributed by atoms with Gasteiger partial charge < -0.3 is 0 Å². The van der Waals surface area contributed by atoms with Crippen LogP contribution in [0.5, 0.6) is 0 Å². The summed E-state index contributed by atoms with van der Waals surface area (Å²) in [5.41, 5.74) is 6.87. The van der Waals surface area contributed by atoms with Crippen LogP contribution in [0.2, 0.25) is 0 Å². The standard InChI is InChI=1S/C12H10IN3O/c13-10-1-3-11(4-2-10)15-16-12(17)9-5-7-14-8-6-9/h1-8,15H,(H,16,17). The third kappa shape index (κ3) is 3.42. The molecule has 1 amide bonds. The largest absolute Gasteiger partial charge is 0.298 e. The number of hydrogen-bond donors (Lipinski definition) is 2. The Kier molecular flexibility index (Phi) is 3.92. The molecule has 2 rings (SSSR count). The van der Waals surface area contributed by atoms with Crippen molar-refractivity contribution in [1.29, 1.82) is 0 Å². The van der Waals surface area contributed by atoms with E-state index in [0.717, 1.165) is 9.26 Å². The molecule has 0 atom stereocenters. The highest BCUT2D eigenvalue weighted by Crippen LogP contribution is 2.10. The zero-order valence-electron chi connectivity index (χ0n) is 8.85. The number of amides is 1. The van der Waals surface area contributed by atoms with Crippen molar-refractivity contribution in [1.82, 2.24) is 10.4 Å². The van der Waals surface area contributed by atoms with Crippen LogP contribution in [-0.2, 0) is 0 Å². The molecule has 4 nitrogen and oxygen atoms in total. The van der Waals surface area contributed by atoms with Gasteiger partial charge in [0.2, 0.25) is 0 Å². The summed E-state index contributed by atoms with van der Waals surface area (Å²) >= 11 is 2.23. The molecule has 0 radical (unpaired) electrons. The summed E-state index contributed by atoms with van der Waals surface area (Å²) in [6.07, 6.45) is 3.17. The van der Waals surface area contributed by atoms with Crippen LogP contribution in [0.3, 0.4) is 0 Å². The van der Waals surface area contributed by atoms with Crippen LogP contribution >= 0.6 is 22.6 Å². The summed E-state index contributed by atoms with van der Waals surface area (Å²) in [6.45, 7) is 0. The Morgan fingerprint density at radius 3 is 2.35 bits per heavy atom. The van der Waals surface area contributed by atoms with Gasteiger partial charge in [0.1, 0.15) is 0 Å². The summed E-state index contributed by atoms with van der Waals surface area (Å²) in [5.74, 6) is -0.189. The summed E-state index contributed by atoms with van der Waals surface area (Å²) in [5, 5.41) is 0. The summed E-state index contributed by atoms with van der Waals surface area (Å²) in [6, 6.07) is 11.0. The van der Waals surface area contributed by atoms with E-state index in [9.17, 15) is 4.79 Å². The van der Waals surface area contributed by atoms with Crippen molar-refractivity contribution in [2.75, 3.05) is 5.43 Å². The normalized spacial score (nSPS) is 9.71. The van der Waals surface area contributed by atoms with Gasteiger partial charge in [-0.3, -0.25) is 20.6 Å². The van der Waals surface area contributed by atoms with Crippen LogP contribution in [0.1, 0.15) is 10.4 Å². The number of aromatic nitrogens is 1. The molecule has 5 heteroatoms. The van der Waals surface area contributed by atoms with Crippen molar-refractivity contribution in [2.45, 2.75) is 0 Å². The Bertz CT molecular complexity index is 499. The summed E-state index contributed by atoms with van der Waals surface area (Å²) in [4.78, 5) is 15.5. The van der Waals surface area contributed by atoms with E-state index in [-0.39, 0.29) is 5.91 Å². The molecule has 0 spiro atoms. The molecule has 0 aliphatic rings. The molecular formula is C12H10IN3O. The number of carbonyl (C=O) groups is 1. The molecule has 1 aromatic carbocycles. The minimum atomic E-state index is -0.189. The van der Waals surface area contributed by atoms with E-state index >= 15 is 0 Å². The number of carbonyl (C=O) groups excluding carboxylic acids is 1. The molecule has 0 unspecified atom stereocenters. The average molecular weight is 339 g/mol. The van der Waals surface area contributed by atoms with E-state index in [2.05, 4.69) is 38.4 Å². The number of benzene rings is 1. The highest BCUT2D eigenvalue weighted by molar-refractivity contribution is 14.1. The molecule has 1 heterocycles. The van der Waals surface area contributed by atoms with Crippen molar-refractivity contribution in [3.8, 4) is 0 Å². The van der Waals surface area contributed by atoms with Gasteiger partial charge in [-0.25, -0.2) is 0 Å². The highest BCUT2D eigenvalue weighted by atomic mass is 127. The summed E-state index contributed by atoms with van der Waals surface area (Å²) in [7, 11) is 0. The quantitative estimate of drug-likeness (QED) is 0.667. The van der Waals surface area contributed by atoms with Gasteiger partial charge >= 0.3 is 0 Å². The SMILES string of the molecule is O=C(NNc1ccc(I)cc1)c1ccncc1. The molecule has 86 valence electrons. The molecule has 0 saturated heterocycles. The van der Waals surface area contributed by atoms with Crippen LogP contribution in [-0.4, -0.2) is 10.9 Å². The van der Waals surface area contributed by atoms with Gasteiger partial charge in [0.15, 0.2) is 0 Å². The minimum absolute atomic E-state index is 0.189. The fourth-order valence-corrected chi connectivity index (χ4v) is 1.60. The van der Waals surface area contributed by atoms with Crippen LogP contribution in [0.25, 0.3) is 0 Å². The lowest BCUT2D eigenvalue weighted by Gasteiger charge is -2.08. The maximum absolute atomic E-state index is 11.7. The van der Waals surface area contributed by atoms with Gasteiger partial charge in [0.05, 0.1) is 5.69 Å². The van der Waals surface area contributed by atoms with Crippen molar-refractivity contribution >= 4 is 34.2 Å². The Morgan fingerprint density at radius 1 is 1.06 bits per heavy atom. The van der Waals surface area contributed by atoms with Gasteiger partial charge in [-0.15, -0.1) is 0 Å². The van der Waals surface area contributed by atoms with Crippen LogP contribution in [0.15, 0.2) is 48.8 Å². The number of nitrogens with one attached hydrogen (secondary N) is 2. The predicted molar refractivity (Wildman–Crippen MR) is 74.5 cm³/mol. The van der Waals surface area contributed by atoms with Gasteiger partial charge in [-0.05, 0) is 59.0 Å². The second-order valence-electron chi connectivity index (χ2n) is 3.32. The van der Waals surface area contributed by atoms with Crippen molar-refractivity contribution < 1.29 is 4.79 Å². The monoisotopic (exact) mass is 339 g/mol. The first-order valence-corrected chi connectivity index (χ1v) is 6.05. The van der Waals surface area contributed by atoms with Gasteiger partial charge in [0.25, 0.3) is 5.91 Å². The molecule has 0 aliphatic carbocycles. The maximum atomic E-state index is 11.7. The highest BCUT2D eigenvalue weighted by Gasteiger charge is 2.03. The first-order valence-electron chi connectivity index (χ1n) is 4.97. The van der Waals surface area contributed by atoms with E-state index in [1.54, 1.807) is 24.5 Å². The van der Waals surface area contributed by atoms with E-state index in [0.29, 0.717) is 5.56 Å². The number of rotatable bonds is 3.